The molecule has 1 aromatic carbocycles. The lowest BCUT2D eigenvalue weighted by Gasteiger charge is -2.29. The molecule has 4 rings (SSSR count). The number of esters is 1. The van der Waals surface area contributed by atoms with Crippen molar-refractivity contribution >= 4 is 35.0 Å². The molecule has 0 bridgehead atoms. The molecule has 32 heavy (non-hydrogen) atoms. The van der Waals surface area contributed by atoms with Gasteiger partial charge in [-0.3, -0.25) is 4.79 Å². The first-order valence-electron chi connectivity index (χ1n) is 11.5. The lowest BCUT2D eigenvalue weighted by Crippen LogP contribution is -2.35. The van der Waals surface area contributed by atoms with Gasteiger partial charge in [-0.05, 0) is 67.3 Å². The second-order valence-corrected chi connectivity index (χ2v) is 10.4. The van der Waals surface area contributed by atoms with Gasteiger partial charge in [0.05, 0.1) is 17.2 Å². The zero-order chi connectivity index (χ0) is 22.9. The van der Waals surface area contributed by atoms with E-state index in [-0.39, 0.29) is 11.3 Å². The Kier molecular flexibility index (Phi) is 6.52. The summed E-state index contributed by atoms with van der Waals surface area (Å²) >= 11 is 6.48. The molecule has 1 N–H and O–H groups in total. The van der Waals surface area contributed by atoms with Gasteiger partial charge in [0.25, 0.3) is 5.91 Å². The number of carbonyl (C=O) groups is 2. The van der Waals surface area contributed by atoms with Crippen LogP contribution >= 0.6 is 11.6 Å². The quantitative estimate of drug-likeness (QED) is 0.608. The van der Waals surface area contributed by atoms with Crippen LogP contribution in [0.1, 0.15) is 72.9 Å². The predicted octanol–water partition coefficient (Wildman–Crippen LogP) is 5.58. The van der Waals surface area contributed by atoms with E-state index >= 15 is 0 Å². The van der Waals surface area contributed by atoms with Gasteiger partial charge in [-0.15, -0.1) is 0 Å². The van der Waals surface area contributed by atoms with E-state index in [1.165, 1.54) is 6.42 Å². The normalized spacial score (nSPS) is 16.6. The number of fused-ring (bicyclic) bond motifs is 1. The van der Waals surface area contributed by atoms with Crippen LogP contribution in [0.4, 0.5) is 11.5 Å². The standard InChI is InChI=1S/C25H32ClN3O3/c1-25(2,3)16-32-24(31)19-10-9-18(15-20(19)26)29-13-7-8-17-14-21(27-22(17)29)23(30)28-11-5-4-6-12-28/h9-10,14-15,27H,4-8,11-13,16H2,1-3H3. The fraction of sp³-hybridized carbons (Fsp3) is 0.520. The zero-order valence-corrected chi connectivity index (χ0v) is 19.9. The topological polar surface area (TPSA) is 65.6 Å². The number of H-pyrrole nitrogens is 1. The average molecular weight is 458 g/mol. The summed E-state index contributed by atoms with van der Waals surface area (Å²) in [5.74, 6) is 0.606. The number of aromatic nitrogens is 1. The number of aromatic amines is 1. The van der Waals surface area contributed by atoms with Crippen molar-refractivity contribution in [2.45, 2.75) is 52.9 Å². The molecular weight excluding hydrogens is 426 g/mol. The first kappa shape index (κ1) is 22.7. The minimum absolute atomic E-state index is 0.0778. The van der Waals surface area contributed by atoms with Gasteiger partial charge in [0.15, 0.2) is 0 Å². The molecule has 172 valence electrons. The van der Waals surface area contributed by atoms with Crippen molar-refractivity contribution in [1.82, 2.24) is 9.88 Å². The molecule has 2 aliphatic rings. The highest BCUT2D eigenvalue weighted by Crippen LogP contribution is 2.36. The first-order valence-corrected chi connectivity index (χ1v) is 11.9. The fourth-order valence-electron chi connectivity index (χ4n) is 4.30. The zero-order valence-electron chi connectivity index (χ0n) is 19.2. The molecule has 1 fully saturated rings. The maximum atomic E-state index is 13.0. The molecule has 0 spiro atoms. The molecule has 0 aliphatic carbocycles. The van der Waals surface area contributed by atoms with Crippen LogP contribution in [-0.4, -0.2) is 48.0 Å². The number of aryl methyl sites for hydroxylation is 1. The van der Waals surface area contributed by atoms with Gasteiger partial charge in [0.2, 0.25) is 0 Å². The monoisotopic (exact) mass is 457 g/mol. The molecule has 0 radical (unpaired) electrons. The molecule has 1 amide bonds. The van der Waals surface area contributed by atoms with Crippen molar-refractivity contribution in [1.29, 1.82) is 0 Å². The Morgan fingerprint density at radius 2 is 1.81 bits per heavy atom. The molecular formula is C25H32ClN3O3. The largest absolute Gasteiger partial charge is 0.461 e. The van der Waals surface area contributed by atoms with E-state index in [9.17, 15) is 9.59 Å². The van der Waals surface area contributed by atoms with Crippen LogP contribution < -0.4 is 4.90 Å². The molecule has 7 heteroatoms. The number of carbonyl (C=O) groups excluding carboxylic acids is 2. The number of hydrogen-bond acceptors (Lipinski definition) is 4. The maximum Gasteiger partial charge on any atom is 0.339 e. The predicted molar refractivity (Wildman–Crippen MR) is 127 cm³/mol. The Labute approximate surface area is 194 Å². The summed E-state index contributed by atoms with van der Waals surface area (Å²) in [5, 5.41) is 0.365. The van der Waals surface area contributed by atoms with Gasteiger partial charge in [0, 0.05) is 25.3 Å². The van der Waals surface area contributed by atoms with Gasteiger partial charge >= 0.3 is 5.97 Å². The van der Waals surface area contributed by atoms with Gasteiger partial charge in [-0.2, -0.15) is 0 Å². The van der Waals surface area contributed by atoms with E-state index < -0.39 is 5.97 Å². The van der Waals surface area contributed by atoms with E-state index in [0.29, 0.717) is 22.9 Å². The van der Waals surface area contributed by atoms with E-state index in [4.69, 9.17) is 16.3 Å². The number of rotatable bonds is 4. The summed E-state index contributed by atoms with van der Waals surface area (Å²) in [4.78, 5) is 32.9. The minimum atomic E-state index is -0.412. The van der Waals surface area contributed by atoms with Crippen LogP contribution in [0.2, 0.25) is 5.02 Å². The summed E-state index contributed by atoms with van der Waals surface area (Å²) in [7, 11) is 0. The highest BCUT2D eigenvalue weighted by atomic mass is 35.5. The van der Waals surface area contributed by atoms with E-state index in [1.807, 2.05) is 37.8 Å². The van der Waals surface area contributed by atoms with Gasteiger partial charge < -0.3 is 19.5 Å². The molecule has 0 unspecified atom stereocenters. The molecule has 2 aromatic rings. The Hall–Kier alpha value is -2.47. The number of amides is 1. The number of piperidine rings is 1. The Balaban J connectivity index is 1.54. The second kappa shape index (κ2) is 9.18. The fourth-order valence-corrected chi connectivity index (χ4v) is 4.55. The van der Waals surface area contributed by atoms with E-state index in [1.54, 1.807) is 12.1 Å². The second-order valence-electron chi connectivity index (χ2n) is 9.97. The summed E-state index contributed by atoms with van der Waals surface area (Å²) < 4.78 is 5.42. The minimum Gasteiger partial charge on any atom is -0.461 e. The highest BCUT2D eigenvalue weighted by molar-refractivity contribution is 6.33. The average Bonchev–Trinajstić information content (AvgIpc) is 3.21. The Morgan fingerprint density at radius 3 is 2.50 bits per heavy atom. The summed E-state index contributed by atoms with van der Waals surface area (Å²) in [6, 6.07) is 7.41. The number of likely N-dealkylation sites (tertiary alicyclic amines) is 1. The van der Waals surface area contributed by atoms with Crippen LogP contribution in [0.5, 0.6) is 0 Å². The number of nitrogens with one attached hydrogen (secondary N) is 1. The van der Waals surface area contributed by atoms with Crippen LogP contribution in [0.25, 0.3) is 0 Å². The number of anilines is 2. The first-order chi connectivity index (χ1) is 15.2. The van der Waals surface area contributed by atoms with Crippen molar-refractivity contribution in [3.8, 4) is 0 Å². The SMILES string of the molecule is CC(C)(C)COC(=O)c1ccc(N2CCCc3cc(C(=O)N4CCCCC4)[nH]c32)cc1Cl. The van der Waals surface area contributed by atoms with Gasteiger partial charge in [-0.25, -0.2) is 4.79 Å². The van der Waals surface area contributed by atoms with Crippen molar-refractivity contribution in [2.24, 2.45) is 5.41 Å². The van der Waals surface area contributed by atoms with Crippen LogP contribution in [-0.2, 0) is 11.2 Å². The third kappa shape index (κ3) is 4.96. The lowest BCUT2D eigenvalue weighted by molar-refractivity contribution is 0.0367. The molecule has 3 heterocycles. The lowest BCUT2D eigenvalue weighted by atomic mass is 9.99. The van der Waals surface area contributed by atoms with Crippen LogP contribution in [0.15, 0.2) is 24.3 Å². The summed E-state index contributed by atoms with van der Waals surface area (Å²) in [5.41, 5.74) is 2.94. The third-order valence-electron chi connectivity index (χ3n) is 5.97. The molecule has 1 saturated heterocycles. The molecule has 2 aliphatic heterocycles. The van der Waals surface area contributed by atoms with E-state index in [0.717, 1.165) is 62.4 Å². The third-order valence-corrected chi connectivity index (χ3v) is 6.28. The molecule has 0 saturated carbocycles. The Bertz CT molecular complexity index is 1000. The molecule has 0 atom stereocenters. The number of hydrogen-bond donors (Lipinski definition) is 1. The molecule has 6 nitrogen and oxygen atoms in total. The van der Waals surface area contributed by atoms with Crippen molar-refractivity contribution < 1.29 is 14.3 Å². The summed E-state index contributed by atoms with van der Waals surface area (Å²) in [6.45, 7) is 8.84. The van der Waals surface area contributed by atoms with Crippen molar-refractivity contribution in [3.63, 3.8) is 0 Å². The molecule has 1 aromatic heterocycles. The maximum absolute atomic E-state index is 13.0. The number of halogens is 1. The van der Waals surface area contributed by atoms with Crippen LogP contribution in [0.3, 0.4) is 0 Å². The summed E-state index contributed by atoms with van der Waals surface area (Å²) in [6.07, 6.45) is 5.25. The number of benzene rings is 1. The highest BCUT2D eigenvalue weighted by Gasteiger charge is 2.27. The smallest absolute Gasteiger partial charge is 0.339 e. The van der Waals surface area contributed by atoms with Gasteiger partial charge in [0.1, 0.15) is 11.5 Å². The van der Waals surface area contributed by atoms with Crippen LogP contribution in [0, 0.1) is 5.41 Å². The Morgan fingerprint density at radius 1 is 1.06 bits per heavy atom. The number of nitrogens with zero attached hydrogens (tertiary/aromatic N) is 2. The van der Waals surface area contributed by atoms with E-state index in [2.05, 4.69) is 9.88 Å². The van der Waals surface area contributed by atoms with Crippen molar-refractivity contribution in [3.05, 3.63) is 46.1 Å². The number of ether oxygens (including phenoxy) is 1. The van der Waals surface area contributed by atoms with Gasteiger partial charge in [-0.1, -0.05) is 32.4 Å². The van der Waals surface area contributed by atoms with Crippen molar-refractivity contribution in [2.75, 3.05) is 31.1 Å².